The fraction of sp³-hybridized carbons (Fsp3) is 0.385. The van der Waals surface area contributed by atoms with Crippen LogP contribution in [0.15, 0.2) is 18.2 Å². The van der Waals surface area contributed by atoms with E-state index in [9.17, 15) is 22.8 Å². The average molecular weight is 304 g/mol. The summed E-state index contributed by atoms with van der Waals surface area (Å²) in [5.41, 5.74) is 0.796. The Hall–Kier alpha value is -2.25. The molecule has 0 saturated carbocycles. The average Bonchev–Trinajstić information content (AvgIpc) is 2.28. The number of carbonyl (C=O) groups is 2. The quantitative estimate of drug-likeness (QED) is 0.799. The van der Waals surface area contributed by atoms with Gasteiger partial charge in [0.05, 0.1) is 12.0 Å². The molecule has 0 aromatic heterocycles. The lowest BCUT2D eigenvalue weighted by molar-refractivity contribution is -0.138. The number of amides is 2. The zero-order valence-electron chi connectivity index (χ0n) is 11.4. The first-order chi connectivity index (χ1) is 9.58. The van der Waals surface area contributed by atoms with Crippen LogP contribution in [0.25, 0.3) is 0 Å². The third-order valence-corrected chi connectivity index (χ3v) is 2.65. The lowest BCUT2D eigenvalue weighted by atomic mass is 10.1. The highest BCUT2D eigenvalue weighted by molar-refractivity contribution is 5.94. The van der Waals surface area contributed by atoms with Crippen molar-refractivity contribution in [3.05, 3.63) is 29.3 Å². The van der Waals surface area contributed by atoms with Crippen LogP contribution >= 0.6 is 0 Å². The van der Waals surface area contributed by atoms with Gasteiger partial charge in [0.15, 0.2) is 0 Å². The molecule has 0 aliphatic rings. The van der Waals surface area contributed by atoms with Gasteiger partial charge < -0.3 is 15.7 Å². The highest BCUT2D eigenvalue weighted by Crippen LogP contribution is 2.21. The summed E-state index contributed by atoms with van der Waals surface area (Å²) in [6, 6.07) is 2.20. The fourth-order valence-electron chi connectivity index (χ4n) is 1.67. The minimum atomic E-state index is -4.37. The Balaban J connectivity index is 2.71. The Labute approximate surface area is 119 Å². The van der Waals surface area contributed by atoms with Gasteiger partial charge in [-0.3, -0.25) is 0 Å². The minimum absolute atomic E-state index is 0.0285. The van der Waals surface area contributed by atoms with E-state index in [-0.39, 0.29) is 11.3 Å². The van der Waals surface area contributed by atoms with Gasteiger partial charge in [-0.05, 0) is 31.5 Å². The normalized spacial score (nSPS) is 12.6. The molecule has 8 heteroatoms. The first-order valence-corrected chi connectivity index (χ1v) is 6.06. The second kappa shape index (κ2) is 6.47. The zero-order chi connectivity index (χ0) is 16.2. The molecule has 21 heavy (non-hydrogen) atoms. The highest BCUT2D eigenvalue weighted by atomic mass is 19.4. The molecule has 1 atom stereocenters. The van der Waals surface area contributed by atoms with E-state index in [1.165, 1.54) is 25.1 Å². The third-order valence-electron chi connectivity index (χ3n) is 2.65. The van der Waals surface area contributed by atoms with Gasteiger partial charge in [-0.25, -0.2) is 9.59 Å². The lowest BCUT2D eigenvalue weighted by Gasteiger charge is -2.17. The van der Waals surface area contributed by atoms with Crippen molar-refractivity contribution in [2.24, 2.45) is 0 Å². The van der Waals surface area contributed by atoms with Gasteiger partial charge in [-0.15, -0.1) is 0 Å². The van der Waals surface area contributed by atoms with E-state index in [0.29, 0.717) is 5.56 Å². The standard InChI is InChI=1S/C13H15F3N2O3/c1-7-3-4-9(11(19)20)5-10(7)18-12(21)17-8(2)6-13(14,15)16/h3-5,8H,6H2,1-2H3,(H,19,20)(H2,17,18,21). The van der Waals surface area contributed by atoms with Crippen LogP contribution in [0.4, 0.5) is 23.7 Å². The summed E-state index contributed by atoms with van der Waals surface area (Å²) < 4.78 is 36.5. The SMILES string of the molecule is Cc1ccc(C(=O)O)cc1NC(=O)NC(C)CC(F)(F)F. The maximum atomic E-state index is 12.2. The van der Waals surface area contributed by atoms with Crippen LogP contribution in [0.5, 0.6) is 0 Å². The number of alkyl halides is 3. The number of hydrogen-bond acceptors (Lipinski definition) is 2. The summed E-state index contributed by atoms with van der Waals surface area (Å²) in [7, 11) is 0. The van der Waals surface area contributed by atoms with E-state index >= 15 is 0 Å². The molecule has 0 heterocycles. The molecule has 1 aromatic carbocycles. The summed E-state index contributed by atoms with van der Waals surface area (Å²) >= 11 is 0. The third kappa shape index (κ3) is 5.72. The Morgan fingerprint density at radius 1 is 1.33 bits per heavy atom. The fourth-order valence-corrected chi connectivity index (χ4v) is 1.67. The molecule has 0 spiro atoms. The monoisotopic (exact) mass is 304 g/mol. The molecular weight excluding hydrogens is 289 g/mol. The van der Waals surface area contributed by atoms with Gasteiger partial charge in [0.25, 0.3) is 0 Å². The van der Waals surface area contributed by atoms with Gasteiger partial charge in [0.2, 0.25) is 0 Å². The summed E-state index contributed by atoms with van der Waals surface area (Å²) in [6.45, 7) is 2.87. The number of carboxylic acid groups (broad SMARTS) is 1. The molecule has 1 rings (SSSR count). The molecule has 0 radical (unpaired) electrons. The lowest BCUT2D eigenvalue weighted by Crippen LogP contribution is -2.38. The van der Waals surface area contributed by atoms with Gasteiger partial charge in [-0.1, -0.05) is 6.07 Å². The molecule has 0 bridgehead atoms. The molecule has 0 aliphatic carbocycles. The van der Waals surface area contributed by atoms with Gasteiger partial charge >= 0.3 is 18.2 Å². The molecule has 1 aromatic rings. The van der Waals surface area contributed by atoms with Crippen LogP contribution in [0.3, 0.4) is 0 Å². The van der Waals surface area contributed by atoms with E-state index in [0.717, 1.165) is 0 Å². The summed E-state index contributed by atoms with van der Waals surface area (Å²) in [5.74, 6) is -1.16. The Kier molecular flexibility index (Phi) is 5.17. The first kappa shape index (κ1) is 16.8. The minimum Gasteiger partial charge on any atom is -0.478 e. The number of aryl methyl sites for hydroxylation is 1. The molecule has 2 amide bonds. The Bertz CT molecular complexity index is 544. The van der Waals surface area contributed by atoms with Crippen molar-refractivity contribution in [3.8, 4) is 0 Å². The smallest absolute Gasteiger partial charge is 0.391 e. The second-order valence-electron chi connectivity index (χ2n) is 4.65. The van der Waals surface area contributed by atoms with E-state index in [4.69, 9.17) is 5.11 Å². The molecule has 1 unspecified atom stereocenters. The number of carbonyl (C=O) groups excluding carboxylic acids is 1. The molecule has 0 aliphatic heterocycles. The van der Waals surface area contributed by atoms with Crippen molar-refractivity contribution in [2.45, 2.75) is 32.5 Å². The van der Waals surface area contributed by atoms with E-state index in [1.54, 1.807) is 6.92 Å². The summed E-state index contributed by atoms with van der Waals surface area (Å²) in [4.78, 5) is 22.4. The maximum Gasteiger partial charge on any atom is 0.391 e. The second-order valence-corrected chi connectivity index (χ2v) is 4.65. The van der Waals surface area contributed by atoms with Gasteiger partial charge in [-0.2, -0.15) is 13.2 Å². The van der Waals surface area contributed by atoms with E-state index in [2.05, 4.69) is 10.6 Å². The Morgan fingerprint density at radius 3 is 2.48 bits per heavy atom. The number of hydrogen-bond donors (Lipinski definition) is 3. The molecule has 116 valence electrons. The predicted molar refractivity (Wildman–Crippen MR) is 70.4 cm³/mol. The zero-order valence-corrected chi connectivity index (χ0v) is 11.4. The molecule has 0 saturated heterocycles. The molecule has 5 nitrogen and oxygen atoms in total. The number of aromatic carboxylic acids is 1. The number of halogens is 3. The number of benzene rings is 1. The number of carboxylic acids is 1. The van der Waals surface area contributed by atoms with Crippen LogP contribution in [-0.4, -0.2) is 29.3 Å². The van der Waals surface area contributed by atoms with Crippen LogP contribution in [0.1, 0.15) is 29.3 Å². The molecule has 0 fully saturated rings. The number of rotatable bonds is 4. The predicted octanol–water partition coefficient (Wildman–Crippen LogP) is 3.16. The largest absolute Gasteiger partial charge is 0.478 e. The number of nitrogens with one attached hydrogen (secondary N) is 2. The van der Waals surface area contributed by atoms with Crippen LogP contribution < -0.4 is 10.6 Å². The summed E-state index contributed by atoms with van der Waals surface area (Å²) in [6.07, 6.45) is -5.51. The van der Waals surface area contributed by atoms with Crippen molar-refractivity contribution >= 4 is 17.7 Å². The van der Waals surface area contributed by atoms with Crippen molar-refractivity contribution in [1.29, 1.82) is 0 Å². The van der Waals surface area contributed by atoms with Crippen LogP contribution in [-0.2, 0) is 0 Å². The Morgan fingerprint density at radius 2 is 1.95 bits per heavy atom. The molecule has 3 N–H and O–H groups in total. The topological polar surface area (TPSA) is 78.4 Å². The van der Waals surface area contributed by atoms with E-state index < -0.39 is 30.6 Å². The number of urea groups is 1. The highest BCUT2D eigenvalue weighted by Gasteiger charge is 2.30. The van der Waals surface area contributed by atoms with Crippen LogP contribution in [0.2, 0.25) is 0 Å². The van der Waals surface area contributed by atoms with Gasteiger partial charge in [0.1, 0.15) is 0 Å². The van der Waals surface area contributed by atoms with Crippen LogP contribution in [0, 0.1) is 6.92 Å². The number of anilines is 1. The van der Waals surface area contributed by atoms with Crippen molar-refractivity contribution in [1.82, 2.24) is 5.32 Å². The maximum absolute atomic E-state index is 12.2. The van der Waals surface area contributed by atoms with Crippen molar-refractivity contribution < 1.29 is 27.9 Å². The van der Waals surface area contributed by atoms with Gasteiger partial charge in [0, 0.05) is 11.7 Å². The van der Waals surface area contributed by atoms with Crippen molar-refractivity contribution in [2.75, 3.05) is 5.32 Å². The summed E-state index contributed by atoms with van der Waals surface area (Å²) in [5, 5.41) is 13.3. The van der Waals surface area contributed by atoms with Crippen molar-refractivity contribution in [3.63, 3.8) is 0 Å². The first-order valence-electron chi connectivity index (χ1n) is 6.06. The molecular formula is C13H15F3N2O3. The van der Waals surface area contributed by atoms with E-state index in [1.807, 2.05) is 0 Å².